The molecule has 0 radical (unpaired) electrons. The lowest BCUT2D eigenvalue weighted by atomic mass is 9.94. The molecule has 2 rings (SSSR count). The van der Waals surface area contributed by atoms with Crippen molar-refractivity contribution in [1.29, 1.82) is 0 Å². The van der Waals surface area contributed by atoms with Crippen LogP contribution in [-0.2, 0) is 4.79 Å². The van der Waals surface area contributed by atoms with Gasteiger partial charge in [0.25, 0.3) is 5.91 Å². The first kappa shape index (κ1) is 13.3. The Balaban J connectivity index is 2.33. The molecule has 18 heavy (non-hydrogen) atoms. The van der Waals surface area contributed by atoms with E-state index in [-0.39, 0.29) is 5.91 Å². The van der Waals surface area contributed by atoms with E-state index < -0.39 is 5.60 Å². The second-order valence-corrected chi connectivity index (χ2v) is 5.69. The molecule has 1 heterocycles. The molecule has 0 atom stereocenters. The van der Waals surface area contributed by atoms with Crippen LogP contribution in [0.3, 0.4) is 0 Å². The van der Waals surface area contributed by atoms with Gasteiger partial charge < -0.3 is 10.1 Å². The Bertz CT molecular complexity index is 455. The number of fused-ring (bicyclic) bond motifs is 1. The van der Waals surface area contributed by atoms with Crippen molar-refractivity contribution in [2.24, 2.45) is 0 Å². The fourth-order valence-corrected chi connectivity index (χ4v) is 2.86. The average molecular weight is 265 g/mol. The summed E-state index contributed by atoms with van der Waals surface area (Å²) in [5.41, 5.74) is 0.0860. The molecule has 1 aliphatic rings. The van der Waals surface area contributed by atoms with Gasteiger partial charge in [0.2, 0.25) is 0 Å². The molecule has 0 spiro atoms. The maximum absolute atomic E-state index is 12.2. The van der Waals surface area contributed by atoms with Crippen LogP contribution in [0.2, 0.25) is 0 Å². The Kier molecular flexibility index (Phi) is 3.85. The molecular formula is C14H19NO2S. The Labute approximate surface area is 112 Å². The van der Waals surface area contributed by atoms with Crippen molar-refractivity contribution in [3.63, 3.8) is 0 Å². The number of rotatable bonds is 4. The van der Waals surface area contributed by atoms with Gasteiger partial charge in [0.05, 0.1) is 5.69 Å². The summed E-state index contributed by atoms with van der Waals surface area (Å²) < 4.78 is 5.94. The van der Waals surface area contributed by atoms with E-state index in [1.165, 1.54) is 0 Å². The molecule has 3 nitrogen and oxygen atoms in total. The Hall–Kier alpha value is -1.16. The second kappa shape index (κ2) is 5.22. The summed E-state index contributed by atoms with van der Waals surface area (Å²) in [6, 6.07) is 5.98. The Morgan fingerprint density at radius 2 is 2.00 bits per heavy atom. The Morgan fingerprint density at radius 3 is 2.61 bits per heavy atom. The summed E-state index contributed by atoms with van der Waals surface area (Å²) in [6.07, 6.45) is 1.36. The van der Waals surface area contributed by atoms with E-state index in [0.29, 0.717) is 12.8 Å². The fourth-order valence-electron chi connectivity index (χ4n) is 2.16. The predicted molar refractivity (Wildman–Crippen MR) is 75.4 cm³/mol. The van der Waals surface area contributed by atoms with Crippen LogP contribution >= 0.6 is 11.8 Å². The normalized spacial score (nSPS) is 16.7. The first-order valence-electron chi connectivity index (χ1n) is 6.42. The smallest absolute Gasteiger partial charge is 0.268 e. The number of carbonyl (C=O) groups excluding carboxylic acids is 1. The van der Waals surface area contributed by atoms with Crippen molar-refractivity contribution in [2.75, 3.05) is 11.1 Å². The van der Waals surface area contributed by atoms with Gasteiger partial charge in [0, 0.05) is 4.90 Å². The zero-order valence-corrected chi connectivity index (χ0v) is 11.9. The van der Waals surface area contributed by atoms with Gasteiger partial charge in [-0.1, -0.05) is 20.8 Å². The average Bonchev–Trinajstić information content (AvgIpc) is 2.38. The highest BCUT2D eigenvalue weighted by atomic mass is 32.2. The highest BCUT2D eigenvalue weighted by Gasteiger charge is 2.41. The quantitative estimate of drug-likeness (QED) is 0.844. The number of carbonyl (C=O) groups is 1. The van der Waals surface area contributed by atoms with E-state index in [9.17, 15) is 4.79 Å². The minimum Gasteiger partial charge on any atom is -0.475 e. The van der Waals surface area contributed by atoms with Gasteiger partial charge in [0.1, 0.15) is 5.75 Å². The van der Waals surface area contributed by atoms with Crippen LogP contribution in [-0.4, -0.2) is 17.3 Å². The lowest BCUT2D eigenvalue weighted by Gasteiger charge is -2.36. The molecule has 1 N–H and O–H groups in total. The standard InChI is InChI=1S/C14H19NO2S/c1-4-14(5-2)13(16)15-11-9-10(18-6-3)7-8-12(11)17-14/h7-9H,4-6H2,1-3H3,(H,15,16). The molecular weight excluding hydrogens is 246 g/mol. The first-order valence-corrected chi connectivity index (χ1v) is 7.41. The van der Waals surface area contributed by atoms with E-state index in [1.807, 2.05) is 32.0 Å². The third-order valence-electron chi connectivity index (χ3n) is 3.37. The van der Waals surface area contributed by atoms with Crippen LogP contribution < -0.4 is 10.1 Å². The van der Waals surface area contributed by atoms with E-state index in [4.69, 9.17) is 4.74 Å². The molecule has 1 aromatic carbocycles. The number of hydrogen-bond acceptors (Lipinski definition) is 3. The van der Waals surface area contributed by atoms with E-state index in [1.54, 1.807) is 11.8 Å². The van der Waals surface area contributed by atoms with E-state index in [2.05, 4.69) is 12.2 Å². The third kappa shape index (κ3) is 2.21. The van der Waals surface area contributed by atoms with Gasteiger partial charge in [-0.15, -0.1) is 11.8 Å². The number of ether oxygens (including phenoxy) is 1. The van der Waals surface area contributed by atoms with Gasteiger partial charge in [-0.05, 0) is 36.8 Å². The van der Waals surface area contributed by atoms with Gasteiger partial charge in [-0.2, -0.15) is 0 Å². The summed E-state index contributed by atoms with van der Waals surface area (Å²) >= 11 is 1.75. The number of amides is 1. The molecule has 0 bridgehead atoms. The number of hydrogen-bond donors (Lipinski definition) is 1. The van der Waals surface area contributed by atoms with Crippen LogP contribution in [0, 0.1) is 0 Å². The lowest BCUT2D eigenvalue weighted by Crippen LogP contribution is -2.49. The molecule has 4 heteroatoms. The largest absolute Gasteiger partial charge is 0.475 e. The molecule has 0 saturated carbocycles. The fraction of sp³-hybridized carbons (Fsp3) is 0.500. The van der Waals surface area contributed by atoms with Crippen molar-refractivity contribution in [3.05, 3.63) is 18.2 Å². The molecule has 1 aliphatic heterocycles. The zero-order valence-electron chi connectivity index (χ0n) is 11.1. The van der Waals surface area contributed by atoms with Crippen LogP contribution in [0.1, 0.15) is 33.6 Å². The molecule has 1 amide bonds. The van der Waals surface area contributed by atoms with E-state index >= 15 is 0 Å². The molecule has 0 unspecified atom stereocenters. The Morgan fingerprint density at radius 1 is 1.28 bits per heavy atom. The highest BCUT2D eigenvalue weighted by Crippen LogP contribution is 2.38. The van der Waals surface area contributed by atoms with Crippen LogP contribution in [0.15, 0.2) is 23.1 Å². The van der Waals surface area contributed by atoms with Crippen LogP contribution in [0.25, 0.3) is 0 Å². The van der Waals surface area contributed by atoms with Gasteiger partial charge in [0.15, 0.2) is 5.60 Å². The number of nitrogens with one attached hydrogen (secondary N) is 1. The summed E-state index contributed by atoms with van der Waals surface area (Å²) in [5, 5.41) is 2.97. The lowest BCUT2D eigenvalue weighted by molar-refractivity contribution is -0.133. The maximum atomic E-state index is 12.2. The first-order chi connectivity index (χ1) is 8.65. The van der Waals surface area contributed by atoms with Crippen molar-refractivity contribution in [1.82, 2.24) is 0 Å². The number of benzene rings is 1. The molecule has 0 saturated heterocycles. The van der Waals surface area contributed by atoms with Crippen molar-refractivity contribution in [3.8, 4) is 5.75 Å². The van der Waals surface area contributed by atoms with Crippen LogP contribution in [0.4, 0.5) is 5.69 Å². The third-order valence-corrected chi connectivity index (χ3v) is 4.25. The summed E-state index contributed by atoms with van der Waals surface area (Å²) in [7, 11) is 0. The van der Waals surface area contributed by atoms with Crippen LogP contribution in [0.5, 0.6) is 5.75 Å². The SMILES string of the molecule is CCSc1ccc2c(c1)NC(=O)C(CC)(CC)O2. The van der Waals surface area contributed by atoms with Crippen molar-refractivity contribution >= 4 is 23.4 Å². The van der Waals surface area contributed by atoms with Crippen molar-refractivity contribution < 1.29 is 9.53 Å². The van der Waals surface area contributed by atoms with Crippen molar-refractivity contribution in [2.45, 2.75) is 44.1 Å². The minimum atomic E-state index is -0.702. The second-order valence-electron chi connectivity index (χ2n) is 4.35. The summed E-state index contributed by atoms with van der Waals surface area (Å²) in [6.45, 7) is 6.07. The molecule has 98 valence electrons. The zero-order chi connectivity index (χ0) is 13.2. The topological polar surface area (TPSA) is 38.3 Å². The maximum Gasteiger partial charge on any atom is 0.268 e. The summed E-state index contributed by atoms with van der Waals surface area (Å²) in [5.74, 6) is 1.76. The molecule has 1 aromatic rings. The monoisotopic (exact) mass is 265 g/mol. The van der Waals surface area contributed by atoms with Gasteiger partial charge >= 0.3 is 0 Å². The van der Waals surface area contributed by atoms with Gasteiger partial charge in [-0.25, -0.2) is 0 Å². The highest BCUT2D eigenvalue weighted by molar-refractivity contribution is 7.99. The molecule has 0 fully saturated rings. The molecule has 0 aromatic heterocycles. The predicted octanol–water partition coefficient (Wildman–Crippen LogP) is 3.69. The van der Waals surface area contributed by atoms with Gasteiger partial charge in [-0.3, -0.25) is 4.79 Å². The number of thioether (sulfide) groups is 1. The molecule has 0 aliphatic carbocycles. The van der Waals surface area contributed by atoms with E-state index in [0.717, 1.165) is 22.1 Å². The minimum absolute atomic E-state index is 0.0290. The number of anilines is 1. The summed E-state index contributed by atoms with van der Waals surface area (Å²) in [4.78, 5) is 13.3.